The van der Waals surface area contributed by atoms with Crippen molar-refractivity contribution in [1.82, 2.24) is 10.6 Å². The molecule has 0 bridgehead atoms. The van der Waals surface area contributed by atoms with Crippen molar-refractivity contribution in [3.63, 3.8) is 0 Å². The first-order chi connectivity index (χ1) is 56.7. The summed E-state index contributed by atoms with van der Waals surface area (Å²) >= 11 is 0. The van der Waals surface area contributed by atoms with Crippen LogP contribution in [0.2, 0.25) is 0 Å². The fraction of sp³-hybridized carbons (Fsp3) is 0.875. The van der Waals surface area contributed by atoms with Crippen molar-refractivity contribution in [2.24, 2.45) is 0 Å². The molecule has 0 spiro atoms. The number of unbranched alkanes of at least 4 members (excludes halogenated alkanes) is 12. The second kappa shape index (κ2) is 84.4. The molecule has 1 aromatic rings. The van der Waals surface area contributed by atoms with E-state index in [0.717, 1.165) is 19.3 Å². The molecule has 0 heterocycles. The third-order valence-electron chi connectivity index (χ3n) is 15.8. The van der Waals surface area contributed by atoms with E-state index < -0.39 is 64.8 Å². The summed E-state index contributed by atoms with van der Waals surface area (Å²) in [5.74, 6) is -15.2. The molecule has 0 radical (unpaired) electrons. The van der Waals surface area contributed by atoms with Crippen molar-refractivity contribution in [1.29, 1.82) is 0 Å². The molecule has 0 saturated heterocycles. The second-order valence-electron chi connectivity index (χ2n) is 26.7. The predicted molar refractivity (Wildman–Crippen MR) is 416 cm³/mol. The molecule has 1 aromatic carbocycles. The first-order valence-corrected chi connectivity index (χ1v) is 41.5. The molecule has 682 valence electrons. The number of halogens is 5. The normalized spacial score (nSPS) is 12.0. The van der Waals surface area contributed by atoms with Gasteiger partial charge in [0.25, 0.3) is 0 Å². The molecule has 31 nitrogen and oxygen atoms in total. The number of hydrogen-bond acceptors (Lipinski definition) is 29. The minimum atomic E-state index is -2.36. The molecule has 1 atom stereocenters. The third kappa shape index (κ3) is 74.8. The van der Waals surface area contributed by atoms with E-state index in [4.69, 9.17) is 114 Å². The Morgan fingerprint density at radius 1 is 0.276 bits per heavy atom. The van der Waals surface area contributed by atoms with E-state index in [0.29, 0.717) is 290 Å². The molecule has 0 aliphatic carbocycles. The zero-order valence-electron chi connectivity index (χ0n) is 70.1. The summed E-state index contributed by atoms with van der Waals surface area (Å²) in [6.45, 7) is 26.0. The van der Waals surface area contributed by atoms with Gasteiger partial charge in [0.15, 0.2) is 0 Å². The van der Waals surface area contributed by atoms with Gasteiger partial charge in [0.05, 0.1) is 310 Å². The summed E-state index contributed by atoms with van der Waals surface area (Å²) in [7, 11) is 0. The van der Waals surface area contributed by atoms with Gasteiger partial charge in [-0.15, -0.1) is 0 Å². The molecule has 0 fully saturated rings. The third-order valence-corrected chi connectivity index (χ3v) is 15.8. The SMILES string of the molecule is CCCCCCCCCCCCCCCC(=O)N[C@@H](CCC(=O)NCCOCCOCCOCCOCCOCCOCCOCCOCCOCCOCCOCCOCCOCCOCCOCCOCCOCCOCCOCCOCCOCCOCCOCCC(=O)Oc1c(F)c(F)c(F)c(F)c1F)C(=O)OC(C)(C)C. The van der Waals surface area contributed by atoms with Crippen LogP contribution < -0.4 is 15.4 Å². The highest BCUT2D eigenvalue weighted by atomic mass is 19.2. The summed E-state index contributed by atoms with van der Waals surface area (Å²) in [5.41, 5.74) is -0.721. The Labute approximate surface area is 685 Å². The maximum Gasteiger partial charge on any atom is 0.329 e. The van der Waals surface area contributed by atoms with Gasteiger partial charge in [-0.05, 0) is 33.6 Å². The standard InChI is InChI=1S/C80H143F5N2O29/c1-5-6-7-8-9-10-11-12-13-14-15-16-17-18-71(89)87-69(79(91)116-80(2,3)4)19-20-70(88)86-22-24-93-26-28-95-30-32-97-34-36-99-38-40-101-42-44-103-46-48-105-50-52-107-54-56-109-58-60-111-62-64-113-66-68-114-67-65-112-63-61-110-59-57-108-55-53-106-51-49-104-47-45-102-43-41-100-39-37-98-35-33-96-31-29-94-27-25-92-23-21-72(90)115-78-76(84)74(82)73(81)75(83)77(78)85/h69H,5-68H2,1-4H3,(H,86,88)(H,87,89)/t69-/m0/s1. The Kier molecular flexibility index (Phi) is 80.0. The van der Waals surface area contributed by atoms with Gasteiger partial charge in [0.1, 0.15) is 11.6 Å². The van der Waals surface area contributed by atoms with Crippen LogP contribution in [0.15, 0.2) is 0 Å². The summed E-state index contributed by atoms with van der Waals surface area (Å²) in [6, 6.07) is -0.899. The van der Waals surface area contributed by atoms with Crippen molar-refractivity contribution in [2.45, 2.75) is 148 Å². The lowest BCUT2D eigenvalue weighted by Gasteiger charge is -2.24. The molecule has 1 rings (SSSR count). The molecular weight excluding hydrogens is 1550 g/mol. The van der Waals surface area contributed by atoms with E-state index >= 15 is 0 Å². The Morgan fingerprint density at radius 3 is 0.750 bits per heavy atom. The summed E-state index contributed by atoms with van der Waals surface area (Å²) in [6.07, 6.45) is 15.9. The zero-order chi connectivity index (χ0) is 84.2. The van der Waals surface area contributed by atoms with Gasteiger partial charge in [-0.25, -0.2) is 18.0 Å². The van der Waals surface area contributed by atoms with E-state index in [1.165, 1.54) is 64.2 Å². The number of hydrogen-bond donors (Lipinski definition) is 2. The molecular formula is C80H143F5N2O29. The van der Waals surface area contributed by atoms with Crippen LogP contribution in [0.5, 0.6) is 5.75 Å². The van der Waals surface area contributed by atoms with Crippen molar-refractivity contribution in [3.8, 4) is 5.75 Å². The van der Waals surface area contributed by atoms with Crippen molar-refractivity contribution < 1.29 is 160 Å². The first kappa shape index (κ1) is 110. The first-order valence-electron chi connectivity index (χ1n) is 41.5. The van der Waals surface area contributed by atoms with E-state index in [9.17, 15) is 41.1 Å². The lowest BCUT2D eigenvalue weighted by atomic mass is 10.0. The average molecular weight is 1690 g/mol. The van der Waals surface area contributed by atoms with Crippen LogP contribution >= 0.6 is 0 Å². The Balaban J connectivity index is 1.70. The molecule has 0 aliphatic rings. The molecule has 0 saturated carbocycles. The van der Waals surface area contributed by atoms with Crippen LogP contribution in [0.1, 0.15) is 137 Å². The minimum absolute atomic E-state index is 0.0565. The summed E-state index contributed by atoms with van der Waals surface area (Å²) < 4.78 is 203. The van der Waals surface area contributed by atoms with Crippen LogP contribution in [0, 0.1) is 29.1 Å². The number of carbonyl (C=O) groups is 4. The van der Waals surface area contributed by atoms with Gasteiger partial charge in [0.2, 0.25) is 46.6 Å². The largest absolute Gasteiger partial charge is 0.458 e. The van der Waals surface area contributed by atoms with Gasteiger partial charge < -0.3 is 129 Å². The molecule has 0 unspecified atom stereocenters. The Morgan fingerprint density at radius 2 is 0.500 bits per heavy atom. The highest BCUT2D eigenvalue weighted by Gasteiger charge is 2.30. The summed E-state index contributed by atoms with van der Waals surface area (Å²) in [4.78, 5) is 50.0. The fourth-order valence-electron chi connectivity index (χ4n) is 9.75. The van der Waals surface area contributed by atoms with Crippen molar-refractivity contribution in [2.75, 3.05) is 310 Å². The topological polar surface area (TPSA) is 323 Å². The second-order valence-corrected chi connectivity index (χ2v) is 26.7. The quantitative estimate of drug-likeness (QED) is 0.0155. The zero-order valence-corrected chi connectivity index (χ0v) is 70.1. The molecule has 2 N–H and O–H groups in total. The Hall–Kier alpha value is -4.17. The van der Waals surface area contributed by atoms with E-state index in [1.54, 1.807) is 20.8 Å². The number of esters is 2. The smallest absolute Gasteiger partial charge is 0.329 e. The number of nitrogens with one attached hydrogen (secondary N) is 2. The van der Waals surface area contributed by atoms with E-state index in [2.05, 4.69) is 22.3 Å². The van der Waals surface area contributed by atoms with Gasteiger partial charge in [0, 0.05) is 19.4 Å². The van der Waals surface area contributed by atoms with Crippen LogP contribution in [0.25, 0.3) is 0 Å². The van der Waals surface area contributed by atoms with Crippen LogP contribution in [-0.2, 0) is 133 Å². The minimum Gasteiger partial charge on any atom is -0.458 e. The summed E-state index contributed by atoms with van der Waals surface area (Å²) in [5, 5.41) is 5.62. The predicted octanol–water partition coefficient (Wildman–Crippen LogP) is 8.26. The average Bonchev–Trinajstić information content (AvgIpc) is 0.798. The maximum absolute atomic E-state index is 13.6. The highest BCUT2D eigenvalue weighted by Crippen LogP contribution is 2.29. The molecule has 116 heavy (non-hydrogen) atoms. The van der Waals surface area contributed by atoms with Gasteiger partial charge in [-0.2, -0.15) is 8.78 Å². The number of amides is 2. The van der Waals surface area contributed by atoms with Gasteiger partial charge >= 0.3 is 11.9 Å². The van der Waals surface area contributed by atoms with Crippen molar-refractivity contribution in [3.05, 3.63) is 29.1 Å². The van der Waals surface area contributed by atoms with E-state index in [1.807, 2.05) is 0 Å². The monoisotopic (exact) mass is 1690 g/mol. The maximum atomic E-state index is 13.6. The molecule has 0 aliphatic heterocycles. The van der Waals surface area contributed by atoms with Crippen LogP contribution in [0.3, 0.4) is 0 Å². The van der Waals surface area contributed by atoms with Crippen molar-refractivity contribution >= 4 is 23.8 Å². The fourth-order valence-corrected chi connectivity index (χ4v) is 9.75. The number of rotatable bonds is 92. The number of ether oxygens (including phenoxy) is 25. The van der Waals surface area contributed by atoms with E-state index in [-0.39, 0.29) is 51.1 Å². The molecule has 2 amide bonds. The van der Waals surface area contributed by atoms with Crippen LogP contribution in [-0.4, -0.2) is 346 Å². The molecule has 36 heteroatoms. The molecule has 0 aromatic heterocycles. The lowest BCUT2D eigenvalue weighted by Crippen LogP contribution is -2.44. The number of carbonyl (C=O) groups excluding carboxylic acids is 4. The Bertz CT molecular complexity index is 2360. The highest BCUT2D eigenvalue weighted by molar-refractivity contribution is 5.85. The van der Waals surface area contributed by atoms with Crippen LogP contribution in [0.4, 0.5) is 22.0 Å². The lowest BCUT2D eigenvalue weighted by molar-refractivity contribution is -0.159. The van der Waals surface area contributed by atoms with Gasteiger partial charge in [-0.3, -0.25) is 14.4 Å². The number of benzene rings is 1. The van der Waals surface area contributed by atoms with Gasteiger partial charge in [-0.1, -0.05) is 84.0 Å².